The fraction of sp³-hybridized carbons (Fsp3) is 0.167. The van der Waals surface area contributed by atoms with Gasteiger partial charge in [0, 0.05) is 12.1 Å². The first-order chi connectivity index (χ1) is 14.6. The number of para-hydroxylation sites is 1. The molecular formula is C24H24N2O4. The third kappa shape index (κ3) is 6.38. The Morgan fingerprint density at radius 2 is 1.53 bits per heavy atom. The molecule has 3 rings (SSSR count). The van der Waals surface area contributed by atoms with E-state index in [2.05, 4.69) is 10.6 Å². The molecule has 154 valence electrons. The molecular weight excluding hydrogens is 380 g/mol. The van der Waals surface area contributed by atoms with E-state index in [9.17, 15) is 9.59 Å². The Bertz CT molecular complexity index is 972. The van der Waals surface area contributed by atoms with E-state index in [1.165, 1.54) is 0 Å². The van der Waals surface area contributed by atoms with Crippen molar-refractivity contribution < 1.29 is 19.1 Å². The molecule has 0 fully saturated rings. The van der Waals surface area contributed by atoms with Crippen molar-refractivity contribution in [2.24, 2.45) is 0 Å². The molecule has 2 N–H and O–H groups in total. The van der Waals surface area contributed by atoms with Crippen molar-refractivity contribution in [2.75, 3.05) is 13.2 Å². The van der Waals surface area contributed by atoms with E-state index in [4.69, 9.17) is 9.47 Å². The van der Waals surface area contributed by atoms with Crippen molar-refractivity contribution >= 4 is 11.8 Å². The fourth-order valence-electron chi connectivity index (χ4n) is 2.74. The third-order valence-corrected chi connectivity index (χ3v) is 4.20. The van der Waals surface area contributed by atoms with Crippen LogP contribution in [-0.2, 0) is 11.3 Å². The van der Waals surface area contributed by atoms with Gasteiger partial charge in [0.05, 0.1) is 13.2 Å². The summed E-state index contributed by atoms with van der Waals surface area (Å²) < 4.78 is 11.1. The van der Waals surface area contributed by atoms with Gasteiger partial charge in [0.2, 0.25) is 5.91 Å². The summed E-state index contributed by atoms with van der Waals surface area (Å²) in [4.78, 5) is 24.3. The summed E-state index contributed by atoms with van der Waals surface area (Å²) in [5.74, 6) is 1.55. The van der Waals surface area contributed by atoms with E-state index in [0.29, 0.717) is 30.2 Å². The standard InChI is InChI=1S/C24H24N2O4/c1-2-29-20-13-11-19(12-14-20)24(28)26-17-23(27)25-16-18-7-6-10-22(15-18)30-21-8-4-3-5-9-21/h3-15H,2,16-17H2,1H3,(H,25,27)(H,26,28). The van der Waals surface area contributed by atoms with Crippen molar-refractivity contribution in [3.05, 3.63) is 90.0 Å². The number of hydrogen-bond acceptors (Lipinski definition) is 4. The van der Waals surface area contributed by atoms with Gasteiger partial charge in [-0.25, -0.2) is 0 Å². The van der Waals surface area contributed by atoms with Crippen LogP contribution in [0.15, 0.2) is 78.9 Å². The molecule has 0 aliphatic rings. The molecule has 0 radical (unpaired) electrons. The van der Waals surface area contributed by atoms with Crippen molar-refractivity contribution in [1.29, 1.82) is 0 Å². The van der Waals surface area contributed by atoms with Crippen LogP contribution in [0.25, 0.3) is 0 Å². The smallest absolute Gasteiger partial charge is 0.251 e. The second-order valence-electron chi connectivity index (χ2n) is 6.48. The average molecular weight is 404 g/mol. The van der Waals surface area contributed by atoms with Gasteiger partial charge in [-0.05, 0) is 61.0 Å². The summed E-state index contributed by atoms with van der Waals surface area (Å²) in [6.07, 6.45) is 0. The van der Waals surface area contributed by atoms with Crippen molar-refractivity contribution in [3.8, 4) is 17.2 Å². The number of hydrogen-bond donors (Lipinski definition) is 2. The van der Waals surface area contributed by atoms with E-state index >= 15 is 0 Å². The Labute approximate surface area is 175 Å². The molecule has 6 heteroatoms. The summed E-state index contributed by atoms with van der Waals surface area (Å²) >= 11 is 0. The van der Waals surface area contributed by atoms with Crippen molar-refractivity contribution in [1.82, 2.24) is 10.6 Å². The second-order valence-corrected chi connectivity index (χ2v) is 6.48. The van der Waals surface area contributed by atoms with E-state index < -0.39 is 0 Å². The zero-order valence-corrected chi connectivity index (χ0v) is 16.8. The van der Waals surface area contributed by atoms with Crippen LogP contribution in [-0.4, -0.2) is 25.0 Å². The van der Waals surface area contributed by atoms with Crippen molar-refractivity contribution in [2.45, 2.75) is 13.5 Å². The predicted molar refractivity (Wildman–Crippen MR) is 115 cm³/mol. The molecule has 3 aromatic carbocycles. The molecule has 6 nitrogen and oxygen atoms in total. The Kier molecular flexibility index (Phi) is 7.44. The molecule has 0 aromatic heterocycles. The maximum atomic E-state index is 12.2. The van der Waals surface area contributed by atoms with Crippen molar-refractivity contribution in [3.63, 3.8) is 0 Å². The Morgan fingerprint density at radius 1 is 0.800 bits per heavy atom. The maximum Gasteiger partial charge on any atom is 0.251 e. The van der Waals surface area contributed by atoms with E-state index in [0.717, 1.165) is 11.3 Å². The second kappa shape index (κ2) is 10.7. The summed E-state index contributed by atoms with van der Waals surface area (Å²) in [5, 5.41) is 5.41. The lowest BCUT2D eigenvalue weighted by Gasteiger charge is -2.10. The van der Waals surface area contributed by atoms with E-state index in [-0.39, 0.29) is 18.4 Å². The molecule has 0 saturated carbocycles. The largest absolute Gasteiger partial charge is 0.494 e. The van der Waals surface area contributed by atoms with Gasteiger partial charge in [0.25, 0.3) is 5.91 Å². The first-order valence-electron chi connectivity index (χ1n) is 9.73. The highest BCUT2D eigenvalue weighted by atomic mass is 16.5. The van der Waals surface area contributed by atoms with Gasteiger partial charge in [0.1, 0.15) is 17.2 Å². The normalized spacial score (nSPS) is 10.2. The quantitative estimate of drug-likeness (QED) is 0.567. The molecule has 0 unspecified atom stereocenters. The molecule has 3 aromatic rings. The minimum atomic E-state index is -0.313. The van der Waals surface area contributed by atoms with Crippen LogP contribution >= 0.6 is 0 Å². The average Bonchev–Trinajstić information content (AvgIpc) is 2.78. The van der Waals surface area contributed by atoms with Gasteiger partial charge in [-0.1, -0.05) is 30.3 Å². The van der Waals surface area contributed by atoms with E-state index in [1.807, 2.05) is 61.5 Å². The monoisotopic (exact) mass is 404 g/mol. The summed E-state index contributed by atoms with van der Waals surface area (Å²) in [6.45, 7) is 2.69. The van der Waals surface area contributed by atoms with Crippen LogP contribution in [0.3, 0.4) is 0 Å². The molecule has 0 aliphatic heterocycles. The van der Waals surface area contributed by atoms with Gasteiger partial charge in [-0.15, -0.1) is 0 Å². The number of ether oxygens (including phenoxy) is 2. The maximum absolute atomic E-state index is 12.2. The van der Waals surface area contributed by atoms with E-state index in [1.54, 1.807) is 24.3 Å². The minimum Gasteiger partial charge on any atom is -0.494 e. The van der Waals surface area contributed by atoms with Crippen LogP contribution < -0.4 is 20.1 Å². The minimum absolute atomic E-state index is 0.105. The summed E-state index contributed by atoms with van der Waals surface area (Å²) in [7, 11) is 0. The molecule has 0 atom stereocenters. The molecule has 0 heterocycles. The molecule has 2 amide bonds. The summed E-state index contributed by atoms with van der Waals surface area (Å²) in [6, 6.07) is 23.8. The Balaban J connectivity index is 1.45. The van der Waals surface area contributed by atoms with Gasteiger partial charge in [-0.2, -0.15) is 0 Å². The topological polar surface area (TPSA) is 76.7 Å². The summed E-state index contributed by atoms with van der Waals surface area (Å²) in [5.41, 5.74) is 1.37. The molecule has 0 aliphatic carbocycles. The first kappa shape index (κ1) is 20.9. The SMILES string of the molecule is CCOc1ccc(C(=O)NCC(=O)NCc2cccc(Oc3ccccc3)c2)cc1. The molecule has 30 heavy (non-hydrogen) atoms. The van der Waals surface area contributed by atoms with Crippen LogP contribution in [0.2, 0.25) is 0 Å². The zero-order valence-electron chi connectivity index (χ0n) is 16.8. The number of amides is 2. The number of carbonyl (C=O) groups is 2. The number of nitrogens with one attached hydrogen (secondary N) is 2. The number of rotatable bonds is 9. The van der Waals surface area contributed by atoms with Crippen LogP contribution in [0.5, 0.6) is 17.2 Å². The number of carbonyl (C=O) groups excluding carboxylic acids is 2. The van der Waals surface area contributed by atoms with Crippen LogP contribution in [0.1, 0.15) is 22.8 Å². The van der Waals surface area contributed by atoms with Crippen LogP contribution in [0, 0.1) is 0 Å². The van der Waals surface area contributed by atoms with Gasteiger partial charge >= 0.3 is 0 Å². The van der Waals surface area contributed by atoms with Gasteiger partial charge in [-0.3, -0.25) is 9.59 Å². The Morgan fingerprint density at radius 3 is 2.27 bits per heavy atom. The lowest BCUT2D eigenvalue weighted by molar-refractivity contribution is -0.120. The zero-order chi connectivity index (χ0) is 21.2. The lowest BCUT2D eigenvalue weighted by atomic mass is 10.2. The highest BCUT2D eigenvalue weighted by Crippen LogP contribution is 2.21. The van der Waals surface area contributed by atoms with Crippen LogP contribution in [0.4, 0.5) is 0 Å². The fourth-order valence-corrected chi connectivity index (χ4v) is 2.74. The third-order valence-electron chi connectivity index (χ3n) is 4.20. The number of benzene rings is 3. The highest BCUT2D eigenvalue weighted by Gasteiger charge is 2.08. The van der Waals surface area contributed by atoms with Gasteiger partial charge < -0.3 is 20.1 Å². The van der Waals surface area contributed by atoms with Gasteiger partial charge in [0.15, 0.2) is 0 Å². The molecule has 0 saturated heterocycles. The lowest BCUT2D eigenvalue weighted by Crippen LogP contribution is -2.36. The molecule has 0 spiro atoms. The molecule has 0 bridgehead atoms. The Hall–Kier alpha value is -3.80. The highest BCUT2D eigenvalue weighted by molar-refractivity contribution is 5.96. The first-order valence-corrected chi connectivity index (χ1v) is 9.73. The predicted octanol–water partition coefficient (Wildman–Crippen LogP) is 3.92.